The SMILES string of the molecule is [2H]c1c([2H])c(-c2c([2H])c([2H])c3c4c([2H])c([2H])c([2H])c([2H])c4c4c([2H])c([2H])c([2H])c([2H])c4c3c2[2H])c([2H])c([2H])c1-c1nc(-c2ccccc2)nc(-c2ccccc2-c2ccccc2)n1. The van der Waals surface area contributed by atoms with E-state index in [4.69, 9.17) is 20.9 Å². The number of nitrogens with zero attached hydrogens (tertiary/aromatic N) is 3. The molecular formula is C45H29N3. The van der Waals surface area contributed by atoms with Crippen molar-refractivity contribution in [2.24, 2.45) is 0 Å². The Kier molecular flexibility index (Phi) is 4.01. The van der Waals surface area contributed by atoms with Crippen LogP contribution in [0.1, 0.15) is 20.6 Å². The molecule has 0 spiro atoms. The van der Waals surface area contributed by atoms with Gasteiger partial charge in [-0.25, -0.2) is 15.0 Å². The van der Waals surface area contributed by atoms with Gasteiger partial charge in [0.2, 0.25) is 0 Å². The van der Waals surface area contributed by atoms with E-state index in [2.05, 4.69) is 4.98 Å². The standard InChI is InChI=1S/C45H29N3/c1-3-13-31(14-4-1)35-17-7-12-22-41(35)45-47-43(32-15-5-2-6-16-32)46-44(48-45)33-25-23-30(24-26-33)34-27-28-40-38-20-9-8-18-36(38)37-19-10-11-21-39(37)42(40)29-34/h1-29H/i8D,9D,10D,11D,18D,19D,20D,21D,23D,24D,25D,26D,27D,28D,29D. The van der Waals surface area contributed by atoms with Crippen molar-refractivity contribution in [1.29, 1.82) is 0 Å². The number of aromatic nitrogens is 3. The molecule has 48 heavy (non-hydrogen) atoms. The van der Waals surface area contributed by atoms with Crippen LogP contribution in [0.3, 0.4) is 0 Å². The van der Waals surface area contributed by atoms with Crippen LogP contribution in [0.5, 0.6) is 0 Å². The fourth-order valence-electron chi connectivity index (χ4n) is 5.70. The van der Waals surface area contributed by atoms with Crippen molar-refractivity contribution in [1.82, 2.24) is 15.0 Å². The Morgan fingerprint density at radius 3 is 1.38 bits per heavy atom. The topological polar surface area (TPSA) is 38.7 Å². The molecule has 9 rings (SSSR count). The van der Waals surface area contributed by atoms with Gasteiger partial charge < -0.3 is 0 Å². The summed E-state index contributed by atoms with van der Waals surface area (Å²) in [4.78, 5) is 14.2. The average molecular weight is 627 g/mol. The zero-order valence-corrected chi connectivity index (χ0v) is 24.9. The monoisotopic (exact) mass is 626 g/mol. The Labute approximate surface area is 299 Å². The van der Waals surface area contributed by atoms with Crippen LogP contribution in [0.2, 0.25) is 0 Å². The summed E-state index contributed by atoms with van der Waals surface area (Å²) >= 11 is 0. The molecule has 0 aliphatic heterocycles. The van der Waals surface area contributed by atoms with Gasteiger partial charge >= 0.3 is 0 Å². The molecule has 0 bridgehead atoms. The van der Waals surface area contributed by atoms with E-state index in [0.717, 1.165) is 11.1 Å². The maximum Gasteiger partial charge on any atom is 0.164 e. The minimum atomic E-state index is -0.777. The number of hydrogen-bond acceptors (Lipinski definition) is 3. The van der Waals surface area contributed by atoms with Gasteiger partial charge in [-0.05, 0) is 60.6 Å². The molecule has 0 unspecified atom stereocenters. The van der Waals surface area contributed by atoms with Crippen molar-refractivity contribution in [2.75, 3.05) is 0 Å². The Morgan fingerprint density at radius 2 is 0.750 bits per heavy atom. The van der Waals surface area contributed by atoms with Crippen LogP contribution in [0, 0.1) is 0 Å². The highest BCUT2D eigenvalue weighted by Crippen LogP contribution is 2.38. The minimum Gasteiger partial charge on any atom is -0.208 e. The van der Waals surface area contributed by atoms with Crippen LogP contribution in [0.4, 0.5) is 0 Å². The molecule has 1 aromatic heterocycles. The first-order valence-electron chi connectivity index (χ1n) is 22.5. The summed E-state index contributed by atoms with van der Waals surface area (Å²) in [5.74, 6) is 0.150. The summed E-state index contributed by atoms with van der Waals surface area (Å²) in [6, 6.07) is 15.3. The van der Waals surface area contributed by atoms with Crippen LogP contribution in [-0.4, -0.2) is 15.0 Å². The van der Waals surface area contributed by atoms with Crippen LogP contribution in [0.15, 0.2) is 176 Å². The average Bonchev–Trinajstić information content (AvgIpc) is 3.30. The Balaban J connectivity index is 1.37. The smallest absolute Gasteiger partial charge is 0.164 e. The molecule has 0 amide bonds. The van der Waals surface area contributed by atoms with E-state index in [-0.39, 0.29) is 50.0 Å². The third-order valence-corrected chi connectivity index (χ3v) is 7.96. The van der Waals surface area contributed by atoms with Crippen LogP contribution in [0.25, 0.3) is 88.7 Å². The summed E-state index contributed by atoms with van der Waals surface area (Å²) in [5, 5.41) is -2.17. The summed E-state index contributed by atoms with van der Waals surface area (Å²) in [5.41, 5.74) is 1.36. The van der Waals surface area contributed by atoms with Gasteiger partial charge in [-0.15, -0.1) is 0 Å². The molecular weight excluding hydrogens is 583 g/mol. The summed E-state index contributed by atoms with van der Waals surface area (Å²) in [6.45, 7) is 0. The van der Waals surface area contributed by atoms with Crippen molar-refractivity contribution in [3.63, 3.8) is 0 Å². The zero-order valence-electron chi connectivity index (χ0n) is 39.9. The number of rotatable bonds is 5. The van der Waals surface area contributed by atoms with Crippen LogP contribution in [-0.2, 0) is 0 Å². The van der Waals surface area contributed by atoms with Gasteiger partial charge in [0.25, 0.3) is 0 Å². The van der Waals surface area contributed by atoms with Crippen LogP contribution >= 0.6 is 0 Å². The molecule has 3 nitrogen and oxygen atoms in total. The largest absolute Gasteiger partial charge is 0.208 e. The van der Waals surface area contributed by atoms with Gasteiger partial charge in [-0.3, -0.25) is 0 Å². The van der Waals surface area contributed by atoms with Gasteiger partial charge in [0, 0.05) is 16.7 Å². The maximum atomic E-state index is 9.60. The second kappa shape index (κ2) is 11.7. The summed E-state index contributed by atoms with van der Waals surface area (Å²) in [7, 11) is 0. The van der Waals surface area contributed by atoms with Gasteiger partial charge in [0.15, 0.2) is 17.5 Å². The third kappa shape index (κ3) is 4.90. The molecule has 0 N–H and O–H groups in total. The molecule has 0 saturated heterocycles. The lowest BCUT2D eigenvalue weighted by Gasteiger charge is -2.13. The van der Waals surface area contributed by atoms with Crippen molar-refractivity contribution < 1.29 is 20.6 Å². The first-order chi connectivity index (χ1) is 30.1. The Morgan fingerprint density at radius 1 is 0.312 bits per heavy atom. The molecule has 3 heteroatoms. The minimum absolute atomic E-state index is 0.177. The van der Waals surface area contributed by atoms with Gasteiger partial charge in [0.1, 0.15) is 0 Å². The normalized spacial score (nSPS) is 15.7. The highest BCUT2D eigenvalue weighted by molar-refractivity contribution is 6.25. The molecule has 0 fully saturated rings. The molecule has 0 aliphatic carbocycles. The van der Waals surface area contributed by atoms with Gasteiger partial charge in [0.05, 0.1) is 20.6 Å². The number of fused-ring (bicyclic) bond motifs is 6. The second-order valence-electron chi connectivity index (χ2n) is 10.8. The Bertz CT molecular complexity index is 3380. The van der Waals surface area contributed by atoms with E-state index in [9.17, 15) is 9.60 Å². The molecule has 1 heterocycles. The quantitative estimate of drug-likeness (QED) is 0.178. The Hall–Kier alpha value is -6.45. The predicted octanol–water partition coefficient (Wildman–Crippen LogP) is 11.7. The maximum absolute atomic E-state index is 9.60. The summed E-state index contributed by atoms with van der Waals surface area (Å²) < 4.78 is 135. The first-order valence-corrected chi connectivity index (χ1v) is 15.0. The van der Waals surface area contributed by atoms with Crippen LogP contribution < -0.4 is 0 Å². The lowest BCUT2D eigenvalue weighted by atomic mass is 9.92. The summed E-state index contributed by atoms with van der Waals surface area (Å²) in [6.07, 6.45) is 0. The van der Waals surface area contributed by atoms with Gasteiger partial charge in [-0.2, -0.15) is 0 Å². The van der Waals surface area contributed by atoms with E-state index in [0.29, 0.717) is 11.1 Å². The molecule has 0 radical (unpaired) electrons. The fourth-order valence-corrected chi connectivity index (χ4v) is 5.70. The highest BCUT2D eigenvalue weighted by atomic mass is 15.0. The molecule has 0 saturated carbocycles. The van der Waals surface area contributed by atoms with Crippen molar-refractivity contribution in [3.8, 4) is 56.4 Å². The lowest BCUT2D eigenvalue weighted by Crippen LogP contribution is -2.01. The van der Waals surface area contributed by atoms with E-state index in [1.54, 1.807) is 24.3 Å². The highest BCUT2D eigenvalue weighted by Gasteiger charge is 2.16. The lowest BCUT2D eigenvalue weighted by molar-refractivity contribution is 1.07. The van der Waals surface area contributed by atoms with E-state index >= 15 is 0 Å². The van der Waals surface area contributed by atoms with Gasteiger partial charge in [-0.1, -0.05) is 170 Å². The van der Waals surface area contributed by atoms with Crippen molar-refractivity contribution in [3.05, 3.63) is 176 Å². The second-order valence-corrected chi connectivity index (χ2v) is 10.8. The first kappa shape index (κ1) is 16.4. The van der Waals surface area contributed by atoms with Crippen molar-refractivity contribution in [2.45, 2.75) is 0 Å². The molecule has 224 valence electrons. The molecule has 0 atom stereocenters. The number of hydrogen-bond donors (Lipinski definition) is 0. The fraction of sp³-hybridized carbons (Fsp3) is 0. The van der Waals surface area contributed by atoms with E-state index in [1.165, 1.54) is 0 Å². The van der Waals surface area contributed by atoms with E-state index in [1.807, 2.05) is 60.7 Å². The predicted molar refractivity (Wildman–Crippen MR) is 200 cm³/mol. The van der Waals surface area contributed by atoms with Crippen molar-refractivity contribution >= 4 is 32.3 Å². The number of benzene rings is 8. The molecule has 0 aliphatic rings. The molecule has 9 aromatic rings. The zero-order chi connectivity index (χ0) is 44.9. The third-order valence-electron chi connectivity index (χ3n) is 7.96. The molecule has 8 aromatic carbocycles. The van der Waals surface area contributed by atoms with E-state index < -0.39 is 107 Å².